The molecule has 0 amide bonds. The van der Waals surface area contributed by atoms with Gasteiger partial charge in [-0.05, 0) is 48.7 Å². The van der Waals surface area contributed by atoms with Crippen LogP contribution in [0.4, 0.5) is 5.69 Å². The van der Waals surface area contributed by atoms with Crippen LogP contribution >= 0.6 is 0 Å². The summed E-state index contributed by atoms with van der Waals surface area (Å²) in [7, 11) is -2.00. The molecule has 0 aliphatic heterocycles. The lowest BCUT2D eigenvalue weighted by molar-refractivity contribution is 0.484. The number of aryl methyl sites for hydroxylation is 2. The van der Waals surface area contributed by atoms with Crippen molar-refractivity contribution in [3.63, 3.8) is 0 Å². The highest BCUT2D eigenvalue weighted by Gasteiger charge is 2.16. The minimum absolute atomic E-state index is 0.117. The molecule has 0 aliphatic carbocycles. The smallest absolute Gasteiger partial charge is 0.258 e. The molecule has 162 valence electrons. The van der Waals surface area contributed by atoms with Gasteiger partial charge in [0.15, 0.2) is 0 Å². The quantitative estimate of drug-likeness (QED) is 0.442. The van der Waals surface area contributed by atoms with E-state index >= 15 is 0 Å². The average Bonchev–Trinajstić information content (AvgIpc) is 2.78. The van der Waals surface area contributed by atoms with Gasteiger partial charge in [-0.25, -0.2) is 8.42 Å². The van der Waals surface area contributed by atoms with E-state index in [0.29, 0.717) is 28.1 Å². The predicted molar refractivity (Wildman–Crippen MR) is 129 cm³/mol. The molecule has 0 fully saturated rings. The number of nitrogens with one attached hydrogen (secondary N) is 1. The van der Waals surface area contributed by atoms with E-state index in [4.69, 9.17) is 4.74 Å². The largest absolute Gasteiger partial charge is 0.457 e. The Balaban J connectivity index is 1.94. The van der Waals surface area contributed by atoms with Crippen molar-refractivity contribution in [2.75, 3.05) is 4.72 Å². The molecule has 4 rings (SSSR count). The van der Waals surface area contributed by atoms with Gasteiger partial charge in [0.05, 0.1) is 0 Å². The second-order valence-electron chi connectivity index (χ2n) is 7.44. The van der Waals surface area contributed by atoms with Gasteiger partial charge < -0.3 is 9.30 Å². The summed E-state index contributed by atoms with van der Waals surface area (Å²) < 4.78 is 34.2. The highest BCUT2D eigenvalue weighted by molar-refractivity contribution is 7.95. The molecule has 0 spiro atoms. The van der Waals surface area contributed by atoms with Crippen molar-refractivity contribution >= 4 is 26.5 Å². The van der Waals surface area contributed by atoms with Crippen LogP contribution in [0.3, 0.4) is 0 Å². The lowest BCUT2D eigenvalue weighted by Gasteiger charge is -2.16. The van der Waals surface area contributed by atoms with E-state index in [-0.39, 0.29) is 5.56 Å². The molecule has 0 unspecified atom stereocenters. The number of hydrogen-bond donors (Lipinski definition) is 1. The van der Waals surface area contributed by atoms with Gasteiger partial charge in [-0.1, -0.05) is 42.5 Å². The summed E-state index contributed by atoms with van der Waals surface area (Å²) in [4.78, 5) is 12.6. The van der Waals surface area contributed by atoms with Gasteiger partial charge in [-0.15, -0.1) is 0 Å². The summed E-state index contributed by atoms with van der Waals surface area (Å²) in [5, 5.41) is 2.16. The summed E-state index contributed by atoms with van der Waals surface area (Å²) in [6, 6.07) is 20.0. The molecule has 1 heterocycles. The molecule has 1 aromatic heterocycles. The highest BCUT2D eigenvalue weighted by atomic mass is 32.2. The minimum Gasteiger partial charge on any atom is -0.457 e. The van der Waals surface area contributed by atoms with E-state index in [1.165, 1.54) is 4.57 Å². The molecule has 1 N–H and O–H groups in total. The molecule has 0 aliphatic rings. The fraction of sp³-hybridized carbons (Fsp3) is 0.0800. The number of ether oxygens (including phenoxy) is 1. The number of benzene rings is 3. The van der Waals surface area contributed by atoms with Gasteiger partial charge in [-0.2, -0.15) is 0 Å². The number of fused-ring (bicyclic) bond motifs is 1. The Kier molecular flexibility index (Phi) is 5.59. The molecule has 6 nitrogen and oxygen atoms in total. The van der Waals surface area contributed by atoms with Crippen molar-refractivity contribution in [1.82, 2.24) is 4.57 Å². The van der Waals surface area contributed by atoms with Crippen LogP contribution in [0.25, 0.3) is 21.9 Å². The Morgan fingerprint density at radius 1 is 0.969 bits per heavy atom. The van der Waals surface area contributed by atoms with Crippen molar-refractivity contribution in [3.05, 3.63) is 101 Å². The zero-order valence-electron chi connectivity index (χ0n) is 17.7. The average molecular weight is 447 g/mol. The van der Waals surface area contributed by atoms with Gasteiger partial charge in [0.25, 0.3) is 15.6 Å². The second-order valence-corrected chi connectivity index (χ2v) is 9.07. The highest BCUT2D eigenvalue weighted by Crippen LogP contribution is 2.38. The first-order valence-corrected chi connectivity index (χ1v) is 11.4. The van der Waals surface area contributed by atoms with Crippen molar-refractivity contribution in [1.29, 1.82) is 0 Å². The Labute approximate surface area is 186 Å². The zero-order valence-corrected chi connectivity index (χ0v) is 18.5. The number of hydrogen-bond acceptors (Lipinski definition) is 4. The van der Waals surface area contributed by atoms with Gasteiger partial charge in [0, 0.05) is 40.9 Å². The molecular weight excluding hydrogens is 424 g/mol. The fourth-order valence-electron chi connectivity index (χ4n) is 3.46. The zero-order chi connectivity index (χ0) is 22.9. The summed E-state index contributed by atoms with van der Waals surface area (Å²) in [6.45, 7) is 5.33. The van der Waals surface area contributed by atoms with Crippen LogP contribution in [0.2, 0.25) is 0 Å². The Hall–Kier alpha value is -3.84. The number of rotatable bonds is 6. The van der Waals surface area contributed by atoms with Crippen LogP contribution in [0.15, 0.2) is 89.7 Å². The summed E-state index contributed by atoms with van der Waals surface area (Å²) in [5.41, 5.74) is 2.73. The van der Waals surface area contributed by atoms with Crippen molar-refractivity contribution in [3.8, 4) is 22.6 Å². The number of aromatic nitrogens is 1. The molecule has 0 saturated heterocycles. The first kappa shape index (κ1) is 21.4. The van der Waals surface area contributed by atoms with Crippen molar-refractivity contribution in [2.24, 2.45) is 7.05 Å². The maximum atomic E-state index is 12.6. The van der Waals surface area contributed by atoms with Crippen LogP contribution < -0.4 is 15.0 Å². The summed E-state index contributed by atoms with van der Waals surface area (Å²) in [6.07, 6.45) is 1.73. The SMILES string of the molecule is C=CS(=O)(=O)Nc1ccc(Oc2ccc(C)cc2)c(-c2cn(C)c(=O)c3ccccc23)c1. The number of pyridine rings is 1. The fourth-order valence-corrected chi connectivity index (χ4v) is 4.00. The minimum atomic E-state index is -3.69. The van der Waals surface area contributed by atoms with E-state index < -0.39 is 10.0 Å². The third-order valence-corrected chi connectivity index (χ3v) is 6.05. The molecule has 7 heteroatoms. The molecular formula is C25H22N2O4S. The topological polar surface area (TPSA) is 77.4 Å². The van der Waals surface area contributed by atoms with Gasteiger partial charge >= 0.3 is 0 Å². The standard InChI is InChI=1S/C25H22N2O4S/c1-4-32(29,30)26-18-11-14-24(31-19-12-9-17(2)10-13-19)22(15-18)23-16-27(3)25(28)21-8-6-5-7-20(21)23/h4-16,26H,1H2,2-3H3. The van der Waals surface area contributed by atoms with Crippen molar-refractivity contribution in [2.45, 2.75) is 6.92 Å². The lowest BCUT2D eigenvalue weighted by Crippen LogP contribution is -2.16. The van der Waals surface area contributed by atoms with E-state index in [9.17, 15) is 13.2 Å². The van der Waals surface area contributed by atoms with E-state index in [2.05, 4.69) is 11.3 Å². The lowest BCUT2D eigenvalue weighted by atomic mass is 9.99. The molecule has 0 saturated carbocycles. The molecule has 4 aromatic rings. The van der Waals surface area contributed by atoms with Crippen LogP contribution in [0.5, 0.6) is 11.5 Å². The number of nitrogens with zero attached hydrogens (tertiary/aromatic N) is 1. The predicted octanol–water partition coefficient (Wildman–Crippen LogP) is 5.19. The van der Waals surface area contributed by atoms with E-state index in [0.717, 1.165) is 21.9 Å². The van der Waals surface area contributed by atoms with Crippen LogP contribution in [0, 0.1) is 6.92 Å². The summed E-state index contributed by atoms with van der Waals surface area (Å²) >= 11 is 0. The monoisotopic (exact) mass is 446 g/mol. The van der Waals surface area contributed by atoms with E-state index in [1.54, 1.807) is 37.5 Å². The normalized spacial score (nSPS) is 11.3. The molecule has 3 aromatic carbocycles. The maximum absolute atomic E-state index is 12.6. The van der Waals surface area contributed by atoms with Gasteiger partial charge in [0.2, 0.25) is 0 Å². The first-order chi connectivity index (χ1) is 15.3. The van der Waals surface area contributed by atoms with Crippen LogP contribution in [0.1, 0.15) is 5.56 Å². The molecule has 32 heavy (non-hydrogen) atoms. The summed E-state index contributed by atoms with van der Waals surface area (Å²) in [5.74, 6) is 1.17. The van der Waals surface area contributed by atoms with E-state index in [1.807, 2.05) is 49.4 Å². The Morgan fingerprint density at radius 2 is 1.66 bits per heavy atom. The number of sulfonamides is 1. The first-order valence-electron chi connectivity index (χ1n) is 9.90. The van der Waals surface area contributed by atoms with Gasteiger partial charge in [0.1, 0.15) is 11.5 Å². The molecule has 0 bridgehead atoms. The Bertz CT molecular complexity index is 1490. The molecule has 0 atom stereocenters. The van der Waals surface area contributed by atoms with Crippen LogP contribution in [-0.2, 0) is 17.1 Å². The third kappa shape index (κ3) is 4.29. The van der Waals surface area contributed by atoms with Crippen molar-refractivity contribution < 1.29 is 13.2 Å². The van der Waals surface area contributed by atoms with Gasteiger partial charge in [-0.3, -0.25) is 9.52 Å². The maximum Gasteiger partial charge on any atom is 0.258 e. The second kappa shape index (κ2) is 8.36. The Morgan fingerprint density at radius 3 is 2.34 bits per heavy atom. The van der Waals surface area contributed by atoms with Crippen LogP contribution in [-0.4, -0.2) is 13.0 Å². The number of anilines is 1. The third-order valence-electron chi connectivity index (χ3n) is 5.09. The molecule has 0 radical (unpaired) electrons.